The molecule has 0 aliphatic carbocycles. The van der Waals surface area contributed by atoms with Crippen LogP contribution in [0.5, 0.6) is 0 Å². The van der Waals surface area contributed by atoms with E-state index in [9.17, 15) is 14.7 Å². The molecule has 1 N–H and O–H groups in total. The van der Waals surface area contributed by atoms with Gasteiger partial charge in [-0.15, -0.1) is 0 Å². The average Bonchev–Trinajstić information content (AvgIpc) is 2.81. The highest BCUT2D eigenvalue weighted by molar-refractivity contribution is 9.10. The third kappa shape index (κ3) is 4.46. The number of nitrogens with zero attached hydrogens (tertiary/aromatic N) is 3. The highest BCUT2D eigenvalue weighted by Gasteiger charge is 2.21. The van der Waals surface area contributed by atoms with Gasteiger partial charge < -0.3 is 9.84 Å². The van der Waals surface area contributed by atoms with E-state index >= 15 is 0 Å². The number of aromatic nitrogens is 3. The van der Waals surface area contributed by atoms with Gasteiger partial charge in [0.05, 0.1) is 6.20 Å². The maximum atomic E-state index is 12.3. The molecule has 23 heavy (non-hydrogen) atoms. The number of halogens is 1. The molecule has 0 aromatic carbocycles. The van der Waals surface area contributed by atoms with Crippen molar-refractivity contribution in [2.45, 2.75) is 25.7 Å². The first-order chi connectivity index (χ1) is 10.7. The SMILES string of the molecule is C[Si](C)(C)CCOCC(=O)n1cc(C(=O)O)c2nc(Br)cnc21. The van der Waals surface area contributed by atoms with Crippen LogP contribution in [0, 0.1) is 0 Å². The predicted molar refractivity (Wildman–Crippen MR) is 91.8 cm³/mol. The summed E-state index contributed by atoms with van der Waals surface area (Å²) in [6.07, 6.45) is 2.66. The molecule has 0 atom stereocenters. The number of carbonyl (C=O) groups is 2. The van der Waals surface area contributed by atoms with Crippen LogP contribution in [0.1, 0.15) is 15.2 Å². The molecule has 0 aliphatic rings. The van der Waals surface area contributed by atoms with Gasteiger partial charge in [-0.1, -0.05) is 19.6 Å². The van der Waals surface area contributed by atoms with Gasteiger partial charge in [0.1, 0.15) is 22.3 Å². The molecular weight excluding hydrogens is 382 g/mol. The van der Waals surface area contributed by atoms with Crippen molar-refractivity contribution in [1.82, 2.24) is 14.5 Å². The zero-order valence-corrected chi connectivity index (χ0v) is 15.8. The van der Waals surface area contributed by atoms with Crippen LogP contribution >= 0.6 is 15.9 Å². The van der Waals surface area contributed by atoms with E-state index in [1.165, 1.54) is 17.0 Å². The maximum absolute atomic E-state index is 12.3. The summed E-state index contributed by atoms with van der Waals surface area (Å²) in [4.78, 5) is 31.8. The number of aromatic carboxylic acids is 1. The minimum Gasteiger partial charge on any atom is -0.478 e. The van der Waals surface area contributed by atoms with Gasteiger partial charge in [0.2, 0.25) is 0 Å². The number of carboxylic acid groups (broad SMARTS) is 1. The summed E-state index contributed by atoms with van der Waals surface area (Å²) in [5.41, 5.74) is 0.316. The Morgan fingerprint density at radius 3 is 2.70 bits per heavy atom. The van der Waals surface area contributed by atoms with Crippen LogP contribution < -0.4 is 0 Å². The van der Waals surface area contributed by atoms with E-state index in [1.54, 1.807) is 0 Å². The second kappa shape index (κ2) is 6.89. The van der Waals surface area contributed by atoms with E-state index in [1.807, 2.05) is 0 Å². The molecule has 2 aromatic heterocycles. The van der Waals surface area contributed by atoms with Crippen LogP contribution in [-0.4, -0.2) is 52.8 Å². The highest BCUT2D eigenvalue weighted by Crippen LogP contribution is 2.20. The Labute approximate surface area is 142 Å². The number of carboxylic acids is 1. The maximum Gasteiger partial charge on any atom is 0.339 e. The minimum atomic E-state index is -1.22. The molecule has 7 nitrogen and oxygen atoms in total. The minimum absolute atomic E-state index is 0.0655. The molecule has 2 aromatic rings. The zero-order chi connectivity index (χ0) is 17.2. The molecule has 0 aliphatic heterocycles. The fourth-order valence-electron chi connectivity index (χ4n) is 1.92. The first-order valence-corrected chi connectivity index (χ1v) is 11.6. The quantitative estimate of drug-likeness (QED) is 0.592. The van der Waals surface area contributed by atoms with Crippen LogP contribution in [0.15, 0.2) is 17.0 Å². The number of fused-ring (bicyclic) bond motifs is 1. The van der Waals surface area contributed by atoms with Gasteiger partial charge in [0, 0.05) is 20.9 Å². The largest absolute Gasteiger partial charge is 0.478 e. The van der Waals surface area contributed by atoms with Crippen molar-refractivity contribution in [2.24, 2.45) is 0 Å². The number of ether oxygens (including phenoxy) is 1. The molecule has 124 valence electrons. The Morgan fingerprint density at radius 2 is 2.09 bits per heavy atom. The van der Waals surface area contributed by atoms with E-state index < -0.39 is 14.0 Å². The number of hydrogen-bond acceptors (Lipinski definition) is 5. The average molecular weight is 400 g/mol. The molecule has 0 bridgehead atoms. The molecule has 0 amide bonds. The molecule has 0 fully saturated rings. The summed E-state index contributed by atoms with van der Waals surface area (Å²) >= 11 is 3.15. The van der Waals surface area contributed by atoms with Gasteiger partial charge in [-0.05, 0) is 22.0 Å². The van der Waals surface area contributed by atoms with Crippen molar-refractivity contribution in [3.63, 3.8) is 0 Å². The van der Waals surface area contributed by atoms with Gasteiger partial charge in [0.25, 0.3) is 5.91 Å². The summed E-state index contributed by atoms with van der Waals surface area (Å²) in [5.74, 6) is -1.52. The van der Waals surface area contributed by atoms with Crippen molar-refractivity contribution in [3.8, 4) is 0 Å². The zero-order valence-electron chi connectivity index (χ0n) is 13.2. The Balaban J connectivity index is 2.19. The second-order valence-electron chi connectivity index (χ2n) is 6.34. The molecule has 0 saturated carbocycles. The van der Waals surface area contributed by atoms with E-state index in [0.717, 1.165) is 6.04 Å². The molecule has 0 spiro atoms. The molecule has 0 unspecified atom stereocenters. The van der Waals surface area contributed by atoms with Gasteiger partial charge in [-0.25, -0.2) is 14.8 Å². The van der Waals surface area contributed by atoms with Crippen molar-refractivity contribution >= 4 is 47.0 Å². The third-order valence-corrected chi connectivity index (χ3v) is 5.27. The molecule has 2 heterocycles. The summed E-state index contributed by atoms with van der Waals surface area (Å²) in [7, 11) is -1.22. The summed E-state index contributed by atoms with van der Waals surface area (Å²) < 4.78 is 7.02. The van der Waals surface area contributed by atoms with Crippen LogP contribution in [0.25, 0.3) is 11.2 Å². The summed E-state index contributed by atoms with van der Waals surface area (Å²) in [5, 5.41) is 9.24. The van der Waals surface area contributed by atoms with E-state index in [-0.39, 0.29) is 29.2 Å². The van der Waals surface area contributed by atoms with E-state index in [2.05, 4.69) is 45.5 Å². The fraction of sp³-hybridized carbons (Fsp3) is 0.429. The van der Waals surface area contributed by atoms with Crippen molar-refractivity contribution in [3.05, 3.63) is 22.6 Å². The Kier molecular flexibility index (Phi) is 5.32. The predicted octanol–water partition coefficient (Wildman–Crippen LogP) is 2.89. The van der Waals surface area contributed by atoms with Crippen LogP contribution in [0.2, 0.25) is 25.7 Å². The lowest BCUT2D eigenvalue weighted by Gasteiger charge is -2.15. The van der Waals surface area contributed by atoms with Crippen molar-refractivity contribution in [2.75, 3.05) is 13.2 Å². The lowest BCUT2D eigenvalue weighted by atomic mass is 10.3. The van der Waals surface area contributed by atoms with Crippen LogP contribution in [0.3, 0.4) is 0 Å². The highest BCUT2D eigenvalue weighted by atomic mass is 79.9. The lowest BCUT2D eigenvalue weighted by molar-refractivity contribution is 0.0695. The lowest BCUT2D eigenvalue weighted by Crippen LogP contribution is -2.24. The molecular formula is C14H18BrN3O4Si. The number of hydrogen-bond donors (Lipinski definition) is 1. The molecule has 2 rings (SSSR count). The number of rotatable bonds is 6. The first-order valence-electron chi connectivity index (χ1n) is 7.07. The van der Waals surface area contributed by atoms with Crippen LogP contribution in [-0.2, 0) is 4.74 Å². The van der Waals surface area contributed by atoms with Crippen molar-refractivity contribution < 1.29 is 19.4 Å². The standard InChI is InChI=1S/C14H18BrN3O4Si/c1-23(2,3)5-4-22-8-11(19)18-7-9(14(20)21)12-13(18)16-6-10(15)17-12/h6-7H,4-5,8H2,1-3H3,(H,20,21). The third-order valence-electron chi connectivity index (χ3n) is 3.19. The molecule has 0 radical (unpaired) electrons. The molecule has 9 heteroatoms. The van der Waals surface area contributed by atoms with Gasteiger partial charge in [-0.3, -0.25) is 9.36 Å². The van der Waals surface area contributed by atoms with Gasteiger partial charge >= 0.3 is 5.97 Å². The van der Waals surface area contributed by atoms with Gasteiger partial charge in [-0.2, -0.15) is 0 Å². The Morgan fingerprint density at radius 1 is 1.39 bits per heavy atom. The smallest absolute Gasteiger partial charge is 0.339 e. The molecule has 0 saturated heterocycles. The van der Waals surface area contributed by atoms with E-state index in [0.29, 0.717) is 11.2 Å². The van der Waals surface area contributed by atoms with Crippen LogP contribution in [0.4, 0.5) is 0 Å². The van der Waals surface area contributed by atoms with Crippen molar-refractivity contribution in [1.29, 1.82) is 0 Å². The normalized spacial score (nSPS) is 11.8. The Hall–Kier alpha value is -1.58. The Bertz CT molecular complexity index is 754. The fourth-order valence-corrected chi connectivity index (χ4v) is 2.96. The topological polar surface area (TPSA) is 94.3 Å². The van der Waals surface area contributed by atoms with E-state index in [4.69, 9.17) is 4.74 Å². The summed E-state index contributed by atoms with van der Waals surface area (Å²) in [6.45, 7) is 7.08. The summed E-state index contributed by atoms with van der Waals surface area (Å²) in [6, 6.07) is 0.958. The monoisotopic (exact) mass is 399 g/mol. The number of carbonyl (C=O) groups excluding carboxylic acids is 1. The van der Waals surface area contributed by atoms with Gasteiger partial charge in [0.15, 0.2) is 5.65 Å². The second-order valence-corrected chi connectivity index (χ2v) is 12.8. The first kappa shape index (κ1) is 17.8.